The molecular weight excluding hydrogens is 284 g/mol. The van der Waals surface area contributed by atoms with E-state index in [1.165, 1.54) is 31.9 Å². The van der Waals surface area contributed by atoms with Crippen LogP contribution in [0.25, 0.3) is 0 Å². The maximum absolute atomic E-state index is 11.3. The van der Waals surface area contributed by atoms with Crippen molar-refractivity contribution < 1.29 is 8.42 Å². The van der Waals surface area contributed by atoms with E-state index < -0.39 is 15.6 Å². The Kier molecular flexibility index (Phi) is 6.28. The van der Waals surface area contributed by atoms with E-state index in [0.29, 0.717) is 12.0 Å². The van der Waals surface area contributed by atoms with Crippen LogP contribution in [0, 0.1) is 17.3 Å². The summed E-state index contributed by atoms with van der Waals surface area (Å²) in [6.07, 6.45) is 6.42. The van der Waals surface area contributed by atoms with Crippen LogP contribution in [0.5, 0.6) is 0 Å². The monoisotopic (exact) mass is 318 g/mol. The van der Waals surface area contributed by atoms with Crippen LogP contribution in [-0.2, 0) is 10.0 Å². The summed E-state index contributed by atoms with van der Waals surface area (Å²) in [5.74, 6) is 1.58. The Labute approximate surface area is 131 Å². The van der Waals surface area contributed by atoms with Crippen LogP contribution in [0.15, 0.2) is 0 Å². The first-order chi connectivity index (χ1) is 9.39. The highest BCUT2D eigenvalue weighted by atomic mass is 32.2. The lowest BCUT2D eigenvalue weighted by Gasteiger charge is -2.37. The van der Waals surface area contributed by atoms with Crippen LogP contribution in [0.2, 0.25) is 0 Å². The second-order valence-corrected chi connectivity index (χ2v) is 10.2. The quantitative estimate of drug-likeness (QED) is 0.792. The predicted octanol–water partition coefficient (Wildman–Crippen LogP) is 2.76. The van der Waals surface area contributed by atoms with Gasteiger partial charge in [0, 0.05) is 12.1 Å². The van der Waals surface area contributed by atoms with E-state index in [2.05, 4.69) is 30.8 Å². The maximum Gasteiger partial charge on any atom is 0.209 e. The zero-order chi connectivity index (χ0) is 16.3. The third-order valence-corrected chi connectivity index (χ3v) is 5.46. The zero-order valence-corrected chi connectivity index (χ0v) is 15.4. The third-order valence-electron chi connectivity index (χ3n) is 4.53. The Morgan fingerprint density at radius 1 is 1.00 bits per heavy atom. The van der Waals surface area contributed by atoms with E-state index in [-0.39, 0.29) is 0 Å². The fourth-order valence-electron chi connectivity index (χ4n) is 3.36. The lowest BCUT2D eigenvalue weighted by molar-refractivity contribution is 0.148. The average Bonchev–Trinajstić information content (AvgIpc) is 2.24. The standard InChI is InChI=1S/C16H34N2O2S/c1-15(2,3)14-9-7-13(8-10-14)11-17-12-16(4,5)18-21(6,19)20/h13-14,17-18H,7-12H2,1-6H3. The molecule has 0 amide bonds. The molecule has 0 spiro atoms. The molecule has 1 aliphatic carbocycles. The van der Waals surface area contributed by atoms with Crippen molar-refractivity contribution >= 4 is 10.0 Å². The molecule has 0 heterocycles. The van der Waals surface area contributed by atoms with Crippen molar-refractivity contribution in [2.45, 2.75) is 65.8 Å². The molecule has 1 saturated carbocycles. The number of nitrogens with one attached hydrogen (secondary N) is 2. The first kappa shape index (κ1) is 18.9. The third kappa shape index (κ3) is 7.61. The van der Waals surface area contributed by atoms with Gasteiger partial charge in [0.05, 0.1) is 6.26 Å². The molecule has 0 unspecified atom stereocenters. The lowest BCUT2D eigenvalue weighted by atomic mass is 9.70. The van der Waals surface area contributed by atoms with Crippen LogP contribution in [0.1, 0.15) is 60.3 Å². The fraction of sp³-hybridized carbons (Fsp3) is 1.00. The van der Waals surface area contributed by atoms with Gasteiger partial charge in [-0.25, -0.2) is 13.1 Å². The number of hydrogen-bond donors (Lipinski definition) is 2. The van der Waals surface area contributed by atoms with Gasteiger partial charge in [0.1, 0.15) is 0 Å². The average molecular weight is 319 g/mol. The minimum atomic E-state index is -3.15. The molecule has 2 N–H and O–H groups in total. The molecule has 0 aromatic rings. The summed E-state index contributed by atoms with van der Waals surface area (Å²) in [6.45, 7) is 12.5. The molecule has 1 rings (SSSR count). The summed E-state index contributed by atoms with van der Waals surface area (Å²) in [4.78, 5) is 0. The molecule has 0 bridgehead atoms. The van der Waals surface area contributed by atoms with E-state index in [1.54, 1.807) is 0 Å². The van der Waals surface area contributed by atoms with E-state index in [1.807, 2.05) is 13.8 Å². The largest absolute Gasteiger partial charge is 0.315 e. The van der Waals surface area contributed by atoms with Crippen molar-refractivity contribution in [3.05, 3.63) is 0 Å². The fourth-order valence-corrected chi connectivity index (χ4v) is 4.44. The lowest BCUT2D eigenvalue weighted by Crippen LogP contribution is -2.50. The summed E-state index contributed by atoms with van der Waals surface area (Å²) in [5, 5.41) is 3.44. The van der Waals surface area contributed by atoms with Gasteiger partial charge in [-0.3, -0.25) is 0 Å². The van der Waals surface area contributed by atoms with Gasteiger partial charge in [-0.2, -0.15) is 0 Å². The molecule has 21 heavy (non-hydrogen) atoms. The van der Waals surface area contributed by atoms with Gasteiger partial charge in [-0.05, 0) is 63.3 Å². The molecular formula is C16H34N2O2S. The highest BCUT2D eigenvalue weighted by Gasteiger charge is 2.30. The van der Waals surface area contributed by atoms with E-state index in [0.717, 1.165) is 18.4 Å². The van der Waals surface area contributed by atoms with Crippen LogP contribution in [0.3, 0.4) is 0 Å². The van der Waals surface area contributed by atoms with Crippen LogP contribution in [-0.4, -0.2) is 33.3 Å². The van der Waals surface area contributed by atoms with Gasteiger partial charge in [0.25, 0.3) is 0 Å². The van der Waals surface area contributed by atoms with Gasteiger partial charge in [0.2, 0.25) is 10.0 Å². The van der Waals surface area contributed by atoms with E-state index in [4.69, 9.17) is 0 Å². The van der Waals surface area contributed by atoms with Crippen LogP contribution < -0.4 is 10.0 Å². The molecule has 1 fully saturated rings. The van der Waals surface area contributed by atoms with E-state index >= 15 is 0 Å². The van der Waals surface area contributed by atoms with Crippen molar-refractivity contribution in [1.29, 1.82) is 0 Å². The summed E-state index contributed by atoms with van der Waals surface area (Å²) in [7, 11) is -3.15. The molecule has 0 saturated heterocycles. The summed E-state index contributed by atoms with van der Waals surface area (Å²) >= 11 is 0. The second kappa shape index (κ2) is 6.97. The maximum atomic E-state index is 11.3. The minimum absolute atomic E-state index is 0.430. The molecule has 0 aromatic carbocycles. The van der Waals surface area contributed by atoms with Crippen molar-refractivity contribution in [2.24, 2.45) is 17.3 Å². The molecule has 0 aliphatic heterocycles. The van der Waals surface area contributed by atoms with Gasteiger partial charge in [0.15, 0.2) is 0 Å². The highest BCUT2D eigenvalue weighted by Crippen LogP contribution is 2.39. The first-order valence-corrected chi connectivity index (χ1v) is 9.98. The summed E-state index contributed by atoms with van der Waals surface area (Å²) < 4.78 is 25.3. The first-order valence-electron chi connectivity index (χ1n) is 8.09. The summed E-state index contributed by atoms with van der Waals surface area (Å²) in [5.41, 5.74) is -0.00398. The number of hydrogen-bond acceptors (Lipinski definition) is 3. The van der Waals surface area contributed by atoms with Gasteiger partial charge >= 0.3 is 0 Å². The Morgan fingerprint density at radius 3 is 1.95 bits per heavy atom. The van der Waals surface area contributed by atoms with Crippen molar-refractivity contribution in [3.63, 3.8) is 0 Å². The molecule has 1 aliphatic rings. The highest BCUT2D eigenvalue weighted by molar-refractivity contribution is 7.88. The predicted molar refractivity (Wildman–Crippen MR) is 89.8 cm³/mol. The van der Waals surface area contributed by atoms with Gasteiger partial charge < -0.3 is 5.32 Å². The normalized spacial score (nSPS) is 25.0. The molecule has 4 nitrogen and oxygen atoms in total. The topological polar surface area (TPSA) is 58.2 Å². The zero-order valence-electron chi connectivity index (χ0n) is 14.6. The van der Waals surface area contributed by atoms with Gasteiger partial charge in [-0.1, -0.05) is 20.8 Å². The molecule has 0 radical (unpaired) electrons. The molecule has 126 valence electrons. The SMILES string of the molecule is CC(C)(CNCC1CCC(C(C)(C)C)CC1)NS(C)(=O)=O. The number of sulfonamides is 1. The Hall–Kier alpha value is -0.130. The Morgan fingerprint density at radius 2 is 1.52 bits per heavy atom. The van der Waals surface area contributed by atoms with Crippen molar-refractivity contribution in [2.75, 3.05) is 19.3 Å². The van der Waals surface area contributed by atoms with Gasteiger partial charge in [-0.15, -0.1) is 0 Å². The minimum Gasteiger partial charge on any atom is -0.315 e. The second-order valence-electron chi connectivity index (χ2n) is 8.47. The van der Waals surface area contributed by atoms with Crippen molar-refractivity contribution in [1.82, 2.24) is 10.0 Å². The smallest absolute Gasteiger partial charge is 0.209 e. The number of rotatable bonds is 6. The van der Waals surface area contributed by atoms with E-state index in [9.17, 15) is 8.42 Å². The molecule has 0 atom stereocenters. The summed E-state index contributed by atoms with van der Waals surface area (Å²) in [6, 6.07) is 0. The Balaban J connectivity index is 2.29. The van der Waals surface area contributed by atoms with Crippen LogP contribution in [0.4, 0.5) is 0 Å². The van der Waals surface area contributed by atoms with Crippen LogP contribution >= 0.6 is 0 Å². The Bertz CT molecular complexity index is 416. The molecule has 5 heteroatoms. The molecule has 0 aromatic heterocycles. The van der Waals surface area contributed by atoms with Crippen molar-refractivity contribution in [3.8, 4) is 0 Å².